The van der Waals surface area contributed by atoms with Crippen LogP contribution >= 0.6 is 7.75 Å². The number of unbranched alkanes of at least 4 members (excludes halogenated alkanes) is 24. The molecular weight excluding hydrogens is 627 g/mol. The highest BCUT2D eigenvalue weighted by molar-refractivity contribution is 7.54. The molecule has 0 aromatic carbocycles. The predicted molar refractivity (Wildman–Crippen MR) is 213 cm³/mol. The molecule has 0 radical (unpaired) electrons. The van der Waals surface area contributed by atoms with Gasteiger partial charge < -0.3 is 5.73 Å². The van der Waals surface area contributed by atoms with Gasteiger partial charge in [-0.2, -0.15) is 0 Å². The number of imidazole rings is 1. The molecule has 1 aromatic heterocycles. The molecule has 0 aliphatic carbocycles. The summed E-state index contributed by atoms with van der Waals surface area (Å²) in [5.41, 5.74) is 6.52. The highest BCUT2D eigenvalue weighted by Crippen LogP contribution is 2.45. The molecule has 1 heterocycles. The van der Waals surface area contributed by atoms with Crippen molar-refractivity contribution in [3.63, 3.8) is 0 Å². The highest BCUT2D eigenvalue weighted by Gasteiger charge is 2.25. The lowest BCUT2D eigenvalue weighted by Gasteiger charge is -2.20. The molecule has 0 unspecified atom stereocenters. The Morgan fingerprint density at radius 3 is 1.37 bits per heavy atom. The Balaban J connectivity index is 2.17. The topological polar surface area (TPSA) is 91.4 Å². The minimum absolute atomic E-state index is 0.420. The van der Waals surface area contributed by atoms with Crippen LogP contribution in [-0.4, -0.2) is 29.4 Å². The van der Waals surface area contributed by atoms with Gasteiger partial charge in [0.05, 0.1) is 18.9 Å². The number of nitrogens with two attached hydrogens (primary N) is 1. The molecule has 1 rings (SSSR count). The summed E-state index contributed by atoms with van der Waals surface area (Å²) in [4.78, 5) is 4.33. The Morgan fingerprint density at radius 1 is 0.612 bits per heavy atom. The largest absolute Gasteiger partial charge is 0.447 e. The van der Waals surface area contributed by atoms with E-state index in [0.29, 0.717) is 26.2 Å². The Kier molecular flexibility index (Phi) is 32.6. The maximum Gasteiger partial charge on any atom is 0.447 e. The van der Waals surface area contributed by atoms with E-state index < -0.39 is 7.75 Å². The summed E-state index contributed by atoms with van der Waals surface area (Å²) in [7, 11) is -3.50. The number of nitrogens with zero attached hydrogens (tertiary/aromatic N) is 2. The van der Waals surface area contributed by atoms with Crippen LogP contribution in [0.2, 0.25) is 0 Å². The molecule has 7 nitrogen and oxygen atoms in total. The second kappa shape index (κ2) is 35.0. The molecule has 0 bridgehead atoms. The number of hydrogen-bond acceptors (Lipinski definition) is 5. The van der Waals surface area contributed by atoms with E-state index in [4.69, 9.17) is 14.8 Å². The minimum Gasteiger partial charge on any atom is -0.330 e. The van der Waals surface area contributed by atoms with E-state index in [1.54, 1.807) is 17.2 Å². The van der Waals surface area contributed by atoms with Crippen LogP contribution < -0.4 is 10.9 Å². The molecule has 286 valence electrons. The zero-order valence-electron chi connectivity index (χ0n) is 32.2. The van der Waals surface area contributed by atoms with Crippen molar-refractivity contribution in [2.24, 2.45) is 5.73 Å². The van der Waals surface area contributed by atoms with Crippen molar-refractivity contribution in [3.05, 3.63) is 42.5 Å². The molecule has 0 amide bonds. The predicted octanol–water partition coefficient (Wildman–Crippen LogP) is 13.1. The molecule has 3 N–H and O–H groups in total. The smallest absolute Gasteiger partial charge is 0.330 e. The Bertz CT molecular complexity index is 888. The molecule has 49 heavy (non-hydrogen) atoms. The van der Waals surface area contributed by atoms with Crippen molar-refractivity contribution >= 4 is 7.75 Å². The molecule has 0 saturated heterocycles. The summed E-state index contributed by atoms with van der Waals surface area (Å²) in [6.07, 6.45) is 48.8. The molecule has 0 aliphatic heterocycles. The standard InChI is InChI=1S/C41H79N4O3P/c1-3-5-7-9-11-13-15-17-19-21-23-25-27-29-31-33-37-47-49(46,44-45-39-41(35-36-42)43-40-45)48-38-34-32-30-28-26-24-22-20-18-16-14-12-10-8-6-4-2/h17-20,39-40H,3-16,21-38,42H2,1-2H3,(H,44,46)/b19-17-,20-18-. The van der Waals surface area contributed by atoms with E-state index in [9.17, 15) is 4.57 Å². The third-order valence-corrected chi connectivity index (χ3v) is 10.6. The first-order valence-corrected chi connectivity index (χ1v) is 22.4. The van der Waals surface area contributed by atoms with Gasteiger partial charge in [0.1, 0.15) is 6.33 Å². The molecule has 0 saturated carbocycles. The fraction of sp³-hybridized carbons (Fsp3) is 0.829. The summed E-state index contributed by atoms with van der Waals surface area (Å²) < 4.78 is 27.0. The van der Waals surface area contributed by atoms with E-state index in [2.05, 4.69) is 48.3 Å². The summed E-state index contributed by atoms with van der Waals surface area (Å²) in [6, 6.07) is 0. The summed E-state index contributed by atoms with van der Waals surface area (Å²) >= 11 is 0. The first-order valence-electron chi connectivity index (χ1n) is 20.8. The van der Waals surface area contributed by atoms with E-state index in [1.165, 1.54) is 154 Å². The van der Waals surface area contributed by atoms with E-state index in [-0.39, 0.29) is 0 Å². The quantitative estimate of drug-likeness (QED) is 0.0404. The van der Waals surface area contributed by atoms with Crippen LogP contribution in [0.25, 0.3) is 0 Å². The van der Waals surface area contributed by atoms with Gasteiger partial charge in [0.25, 0.3) is 0 Å². The van der Waals surface area contributed by atoms with Crippen LogP contribution in [0.4, 0.5) is 0 Å². The van der Waals surface area contributed by atoms with E-state index >= 15 is 0 Å². The number of allylic oxidation sites excluding steroid dienone is 4. The van der Waals surface area contributed by atoms with Gasteiger partial charge in [0.2, 0.25) is 0 Å². The van der Waals surface area contributed by atoms with E-state index in [0.717, 1.165) is 31.4 Å². The van der Waals surface area contributed by atoms with Gasteiger partial charge in [-0.05, 0) is 70.8 Å². The van der Waals surface area contributed by atoms with Crippen molar-refractivity contribution in [2.45, 2.75) is 200 Å². The Hall–Kier alpha value is -1.40. The number of aromatic nitrogens is 2. The second-order valence-electron chi connectivity index (χ2n) is 14.0. The van der Waals surface area contributed by atoms with Gasteiger partial charge in [0.15, 0.2) is 0 Å². The number of rotatable bonds is 38. The van der Waals surface area contributed by atoms with Crippen LogP contribution in [0.3, 0.4) is 0 Å². The van der Waals surface area contributed by atoms with Crippen molar-refractivity contribution in [1.29, 1.82) is 0 Å². The molecule has 8 heteroatoms. The monoisotopic (exact) mass is 707 g/mol. The van der Waals surface area contributed by atoms with Crippen LogP contribution in [0.1, 0.15) is 199 Å². The maximum atomic E-state index is 13.6. The van der Waals surface area contributed by atoms with Crippen LogP contribution in [0.15, 0.2) is 36.8 Å². The van der Waals surface area contributed by atoms with Gasteiger partial charge in [-0.1, -0.05) is 154 Å². The second-order valence-corrected chi connectivity index (χ2v) is 15.7. The van der Waals surface area contributed by atoms with Crippen LogP contribution in [0.5, 0.6) is 0 Å². The first kappa shape index (κ1) is 45.6. The van der Waals surface area contributed by atoms with Crippen molar-refractivity contribution in [2.75, 3.05) is 25.0 Å². The zero-order chi connectivity index (χ0) is 35.4. The maximum absolute atomic E-state index is 13.6. The average molecular weight is 707 g/mol. The van der Waals surface area contributed by atoms with Crippen molar-refractivity contribution < 1.29 is 13.6 Å². The van der Waals surface area contributed by atoms with Crippen molar-refractivity contribution in [3.8, 4) is 0 Å². The molecule has 0 spiro atoms. The lowest BCUT2D eigenvalue weighted by atomic mass is 10.1. The van der Waals surface area contributed by atoms with Gasteiger partial charge in [-0.15, -0.1) is 0 Å². The molecule has 0 atom stereocenters. The summed E-state index contributed by atoms with van der Waals surface area (Å²) in [5, 5.41) is 2.96. The van der Waals surface area contributed by atoms with E-state index in [1.807, 2.05) is 0 Å². The molecule has 0 fully saturated rings. The zero-order valence-corrected chi connectivity index (χ0v) is 33.1. The molecule has 0 aliphatic rings. The van der Waals surface area contributed by atoms with Crippen LogP contribution in [0, 0.1) is 0 Å². The third kappa shape index (κ3) is 30.0. The SMILES string of the molecule is CCCCCCCC/C=C\CCCCCCCCOP(=O)(Nn1cnc(CCN)c1)OCCCCCCCC/C=C\CCCCCCCC. The van der Waals surface area contributed by atoms with Gasteiger partial charge in [-0.3, -0.25) is 9.05 Å². The first-order chi connectivity index (χ1) is 24.1. The minimum atomic E-state index is -3.50. The normalized spacial score (nSPS) is 12.2. The summed E-state index contributed by atoms with van der Waals surface area (Å²) in [5.74, 6) is 0. The average Bonchev–Trinajstić information content (AvgIpc) is 3.53. The van der Waals surface area contributed by atoms with Crippen molar-refractivity contribution in [1.82, 2.24) is 9.66 Å². The Morgan fingerprint density at radius 2 is 0.980 bits per heavy atom. The van der Waals surface area contributed by atoms with Gasteiger partial charge >= 0.3 is 7.75 Å². The lowest BCUT2D eigenvalue weighted by molar-refractivity contribution is 0.199. The van der Waals surface area contributed by atoms with Gasteiger partial charge in [0, 0.05) is 12.6 Å². The molecule has 1 aromatic rings. The van der Waals surface area contributed by atoms with Gasteiger partial charge in [-0.25, -0.2) is 19.4 Å². The fourth-order valence-corrected chi connectivity index (χ4v) is 7.32. The third-order valence-electron chi connectivity index (χ3n) is 9.11. The highest BCUT2D eigenvalue weighted by atomic mass is 31.2. The van der Waals surface area contributed by atoms with Crippen LogP contribution in [-0.2, 0) is 20.0 Å². The lowest BCUT2D eigenvalue weighted by Crippen LogP contribution is -2.15. The number of nitrogens with one attached hydrogen (secondary N) is 1. The summed E-state index contributed by atoms with van der Waals surface area (Å²) in [6.45, 7) is 5.91. The molecular formula is C41H79N4O3P. The Labute approximate surface area is 303 Å². The number of hydrogen-bond donors (Lipinski definition) is 2. The fourth-order valence-electron chi connectivity index (χ4n) is 6.00.